The first kappa shape index (κ1) is 22.3. The van der Waals surface area contributed by atoms with E-state index in [0.717, 1.165) is 29.9 Å². The van der Waals surface area contributed by atoms with Crippen LogP contribution in [-0.4, -0.2) is 51.3 Å². The van der Waals surface area contributed by atoms with Gasteiger partial charge in [0.15, 0.2) is 5.82 Å². The molecule has 1 aliphatic rings. The van der Waals surface area contributed by atoms with Crippen molar-refractivity contribution in [1.29, 1.82) is 0 Å². The Balaban J connectivity index is 1.62. The van der Waals surface area contributed by atoms with E-state index in [9.17, 15) is 0 Å². The Bertz CT molecular complexity index is 1030. The number of nitrogens with zero attached hydrogens (tertiary/aromatic N) is 5. The SMILES string of the molecule is COc1cccc(OC)c1-n1c(NSC(C)C(OC)c2ncc(C)cn2)nnc1C1CC1. The minimum absolute atomic E-state index is 0.00297. The molecule has 2 heterocycles. The van der Waals surface area contributed by atoms with Crippen molar-refractivity contribution in [3.63, 3.8) is 0 Å². The number of hydrogen-bond donors (Lipinski definition) is 1. The molecule has 0 spiro atoms. The summed E-state index contributed by atoms with van der Waals surface area (Å²) < 4.78 is 22.4. The molecule has 2 aromatic heterocycles. The molecule has 2 unspecified atom stereocenters. The van der Waals surface area contributed by atoms with Gasteiger partial charge in [-0.25, -0.2) is 9.97 Å². The molecule has 0 radical (unpaired) electrons. The van der Waals surface area contributed by atoms with Crippen LogP contribution in [0.2, 0.25) is 0 Å². The molecule has 9 nitrogen and oxygen atoms in total. The van der Waals surface area contributed by atoms with Gasteiger partial charge in [0.25, 0.3) is 0 Å². The Morgan fingerprint density at radius 2 is 1.72 bits per heavy atom. The van der Waals surface area contributed by atoms with Crippen LogP contribution in [0.15, 0.2) is 30.6 Å². The summed E-state index contributed by atoms with van der Waals surface area (Å²) in [6.45, 7) is 4.02. The van der Waals surface area contributed by atoms with E-state index in [2.05, 4.69) is 31.8 Å². The Morgan fingerprint density at radius 3 is 2.28 bits per heavy atom. The first-order chi connectivity index (χ1) is 15.6. The summed E-state index contributed by atoms with van der Waals surface area (Å²) in [4.78, 5) is 8.86. The van der Waals surface area contributed by atoms with Crippen molar-refractivity contribution in [3.05, 3.63) is 47.8 Å². The zero-order valence-electron chi connectivity index (χ0n) is 18.9. The van der Waals surface area contributed by atoms with Gasteiger partial charge in [-0.15, -0.1) is 10.2 Å². The summed E-state index contributed by atoms with van der Waals surface area (Å²) >= 11 is 1.48. The summed E-state index contributed by atoms with van der Waals surface area (Å²) in [5, 5.41) is 8.93. The summed E-state index contributed by atoms with van der Waals surface area (Å²) in [7, 11) is 4.96. The molecular formula is C22H28N6O3S. The Hall–Kier alpha value is -2.85. The van der Waals surface area contributed by atoms with E-state index in [4.69, 9.17) is 14.2 Å². The van der Waals surface area contributed by atoms with Gasteiger partial charge in [0.05, 0.1) is 19.5 Å². The van der Waals surface area contributed by atoms with Crippen LogP contribution < -0.4 is 14.2 Å². The summed E-state index contributed by atoms with van der Waals surface area (Å²) in [5.74, 6) is 3.90. The maximum atomic E-state index is 5.70. The second kappa shape index (κ2) is 9.74. The van der Waals surface area contributed by atoms with Crippen molar-refractivity contribution in [1.82, 2.24) is 24.7 Å². The molecule has 1 aliphatic carbocycles. The molecule has 0 aliphatic heterocycles. The topological polar surface area (TPSA) is 96.2 Å². The Morgan fingerprint density at radius 1 is 1.06 bits per heavy atom. The average Bonchev–Trinajstić information content (AvgIpc) is 3.58. The third-order valence-electron chi connectivity index (χ3n) is 5.33. The maximum absolute atomic E-state index is 5.70. The number of methoxy groups -OCH3 is 3. The Kier molecular flexibility index (Phi) is 6.80. The second-order valence-corrected chi connectivity index (χ2v) is 8.89. The lowest BCUT2D eigenvalue weighted by molar-refractivity contribution is 0.0972. The number of anilines is 1. The van der Waals surface area contributed by atoms with Crippen LogP contribution in [0.3, 0.4) is 0 Å². The van der Waals surface area contributed by atoms with Gasteiger partial charge in [-0.2, -0.15) is 0 Å². The van der Waals surface area contributed by atoms with E-state index in [1.165, 1.54) is 11.9 Å². The third kappa shape index (κ3) is 4.51. The number of benzene rings is 1. The van der Waals surface area contributed by atoms with Gasteiger partial charge in [0.2, 0.25) is 5.95 Å². The summed E-state index contributed by atoms with van der Waals surface area (Å²) in [5.41, 5.74) is 1.79. The van der Waals surface area contributed by atoms with Crippen LogP contribution in [0, 0.1) is 6.92 Å². The van der Waals surface area contributed by atoms with Gasteiger partial charge >= 0.3 is 0 Å². The van der Waals surface area contributed by atoms with E-state index in [-0.39, 0.29) is 11.4 Å². The van der Waals surface area contributed by atoms with E-state index in [0.29, 0.717) is 29.2 Å². The Labute approximate surface area is 192 Å². The van der Waals surface area contributed by atoms with Crippen LogP contribution in [0.4, 0.5) is 5.95 Å². The first-order valence-corrected chi connectivity index (χ1v) is 11.3. The van der Waals surface area contributed by atoms with Crippen LogP contribution in [-0.2, 0) is 4.74 Å². The van der Waals surface area contributed by atoms with Crippen LogP contribution >= 0.6 is 11.9 Å². The van der Waals surface area contributed by atoms with Gasteiger partial charge in [0.1, 0.15) is 29.1 Å². The maximum Gasteiger partial charge on any atom is 0.239 e. The second-order valence-electron chi connectivity index (χ2n) is 7.70. The molecule has 4 rings (SSSR count). The fourth-order valence-electron chi connectivity index (χ4n) is 3.50. The van der Waals surface area contributed by atoms with E-state index in [1.54, 1.807) is 33.7 Å². The third-order valence-corrected chi connectivity index (χ3v) is 6.25. The molecule has 10 heteroatoms. The molecule has 170 valence electrons. The lowest BCUT2D eigenvalue weighted by Crippen LogP contribution is -2.19. The van der Waals surface area contributed by atoms with Gasteiger partial charge in [0, 0.05) is 25.4 Å². The molecule has 1 aromatic carbocycles. The number of nitrogens with one attached hydrogen (secondary N) is 1. The smallest absolute Gasteiger partial charge is 0.239 e. The molecule has 1 saturated carbocycles. The van der Waals surface area contributed by atoms with E-state index < -0.39 is 0 Å². The minimum Gasteiger partial charge on any atom is -0.494 e. The van der Waals surface area contributed by atoms with Gasteiger partial charge in [-0.1, -0.05) is 6.07 Å². The molecular weight excluding hydrogens is 428 g/mol. The zero-order chi connectivity index (χ0) is 22.7. The van der Waals surface area contributed by atoms with Gasteiger partial charge in [-0.05, 0) is 56.3 Å². The largest absolute Gasteiger partial charge is 0.494 e. The normalized spacial score (nSPS) is 15.3. The standard InChI is InChI=1S/C22H28N6O3S/c1-13-11-23-20(24-12-13)19(31-5)14(2)32-27-22-26-25-21(15-9-10-15)28(22)18-16(29-3)7-6-8-17(18)30-4/h6-8,11-12,14-15,19H,9-10H2,1-5H3,(H,26,27). The number of aromatic nitrogens is 5. The van der Waals surface area contributed by atoms with Crippen molar-refractivity contribution in [2.24, 2.45) is 0 Å². The number of rotatable bonds is 10. The summed E-state index contributed by atoms with van der Waals surface area (Å²) in [6, 6.07) is 5.71. The number of ether oxygens (including phenoxy) is 3. The highest BCUT2D eigenvalue weighted by Crippen LogP contribution is 2.44. The van der Waals surface area contributed by atoms with Crippen molar-refractivity contribution >= 4 is 17.9 Å². The molecule has 0 saturated heterocycles. The minimum atomic E-state index is -0.284. The predicted molar refractivity (Wildman–Crippen MR) is 124 cm³/mol. The van der Waals surface area contributed by atoms with Crippen molar-refractivity contribution in [2.75, 3.05) is 26.1 Å². The first-order valence-electron chi connectivity index (χ1n) is 10.5. The lowest BCUT2D eigenvalue weighted by Gasteiger charge is -2.22. The van der Waals surface area contributed by atoms with Crippen molar-refractivity contribution < 1.29 is 14.2 Å². The van der Waals surface area contributed by atoms with Crippen LogP contribution in [0.5, 0.6) is 11.5 Å². The number of aryl methyl sites for hydroxylation is 1. The molecule has 3 aromatic rings. The van der Waals surface area contributed by atoms with Gasteiger partial charge in [-0.3, -0.25) is 9.29 Å². The zero-order valence-corrected chi connectivity index (χ0v) is 19.7. The fraction of sp³-hybridized carbons (Fsp3) is 0.455. The number of hydrogen-bond acceptors (Lipinski definition) is 9. The molecule has 1 fully saturated rings. The molecule has 32 heavy (non-hydrogen) atoms. The average molecular weight is 457 g/mol. The number of para-hydroxylation sites is 1. The van der Waals surface area contributed by atoms with Crippen LogP contribution in [0.1, 0.15) is 49.0 Å². The predicted octanol–water partition coefficient (Wildman–Crippen LogP) is 4.10. The summed E-state index contributed by atoms with van der Waals surface area (Å²) in [6.07, 6.45) is 5.50. The quantitative estimate of drug-likeness (QED) is 0.452. The highest BCUT2D eigenvalue weighted by molar-refractivity contribution is 8.01. The van der Waals surface area contributed by atoms with Crippen molar-refractivity contribution in [2.45, 2.75) is 44.0 Å². The van der Waals surface area contributed by atoms with Gasteiger partial charge < -0.3 is 14.2 Å². The molecule has 0 amide bonds. The lowest BCUT2D eigenvalue weighted by atomic mass is 10.2. The highest BCUT2D eigenvalue weighted by atomic mass is 32.2. The molecule has 0 bridgehead atoms. The molecule has 2 atom stereocenters. The highest BCUT2D eigenvalue weighted by Gasteiger charge is 2.33. The van der Waals surface area contributed by atoms with E-state index in [1.807, 2.05) is 29.7 Å². The van der Waals surface area contributed by atoms with Crippen LogP contribution in [0.25, 0.3) is 5.69 Å². The molecule has 1 N–H and O–H groups in total. The monoisotopic (exact) mass is 456 g/mol. The fourth-order valence-corrected chi connectivity index (χ4v) is 4.28. The van der Waals surface area contributed by atoms with Crippen molar-refractivity contribution in [3.8, 4) is 17.2 Å². The van der Waals surface area contributed by atoms with E-state index >= 15 is 0 Å².